The molecule has 0 spiro atoms. The van der Waals surface area contributed by atoms with Gasteiger partial charge in [-0.3, -0.25) is 9.48 Å². The van der Waals surface area contributed by atoms with Crippen LogP contribution in [0.15, 0.2) is 18.2 Å². The van der Waals surface area contributed by atoms with Crippen LogP contribution >= 0.6 is 23.2 Å². The van der Waals surface area contributed by atoms with E-state index in [1.165, 1.54) is 16.8 Å². The number of anilines is 1. The Morgan fingerprint density at radius 2 is 2.14 bits per heavy atom. The van der Waals surface area contributed by atoms with Gasteiger partial charge in [0.15, 0.2) is 0 Å². The van der Waals surface area contributed by atoms with Crippen LogP contribution in [0, 0.1) is 12.7 Å². The number of hydrogen-bond donors (Lipinski definition) is 1. The van der Waals surface area contributed by atoms with Crippen molar-refractivity contribution in [1.29, 1.82) is 0 Å². The van der Waals surface area contributed by atoms with Crippen LogP contribution in [-0.2, 0) is 11.8 Å². The Morgan fingerprint density at radius 3 is 2.71 bits per heavy atom. The average Bonchev–Trinajstić information content (AvgIpc) is 2.65. The standard InChI is InChI=1S/C13H11Cl2F2N3O/c1-6-10(8-4-3-7(16)5-9(8)14)12(20(2)19-6)18-13(21)11(15)17/h3-5,11H,1-2H3,(H,18,21). The molecule has 8 heteroatoms. The maximum Gasteiger partial charge on any atom is 0.275 e. The van der Waals surface area contributed by atoms with Gasteiger partial charge in [0.2, 0.25) is 0 Å². The van der Waals surface area contributed by atoms with Crippen molar-refractivity contribution < 1.29 is 13.6 Å². The normalized spacial score (nSPS) is 12.3. The largest absolute Gasteiger partial charge is 0.307 e. The van der Waals surface area contributed by atoms with Crippen LogP contribution in [0.2, 0.25) is 5.02 Å². The van der Waals surface area contributed by atoms with E-state index in [2.05, 4.69) is 10.4 Å². The van der Waals surface area contributed by atoms with Crippen LogP contribution in [-0.4, -0.2) is 21.3 Å². The molecular formula is C13H11Cl2F2N3O. The molecular weight excluding hydrogens is 323 g/mol. The fourth-order valence-electron chi connectivity index (χ4n) is 1.99. The highest BCUT2D eigenvalue weighted by atomic mass is 35.5. The first-order chi connectivity index (χ1) is 9.81. The smallest absolute Gasteiger partial charge is 0.275 e. The topological polar surface area (TPSA) is 46.9 Å². The summed E-state index contributed by atoms with van der Waals surface area (Å²) in [6, 6.07) is 3.85. The minimum absolute atomic E-state index is 0.157. The van der Waals surface area contributed by atoms with Gasteiger partial charge in [0, 0.05) is 18.2 Å². The van der Waals surface area contributed by atoms with Crippen molar-refractivity contribution in [3.05, 3.63) is 34.7 Å². The van der Waals surface area contributed by atoms with Crippen molar-refractivity contribution in [3.63, 3.8) is 0 Å². The lowest BCUT2D eigenvalue weighted by atomic mass is 10.1. The van der Waals surface area contributed by atoms with Crippen molar-refractivity contribution in [2.75, 3.05) is 5.32 Å². The molecule has 1 atom stereocenters. The van der Waals surface area contributed by atoms with Gasteiger partial charge < -0.3 is 5.32 Å². The SMILES string of the molecule is Cc1nn(C)c(NC(=O)C(F)Cl)c1-c1ccc(F)cc1Cl. The number of aromatic nitrogens is 2. The molecule has 112 valence electrons. The lowest BCUT2D eigenvalue weighted by Gasteiger charge is -2.10. The molecule has 1 heterocycles. The molecule has 21 heavy (non-hydrogen) atoms. The van der Waals surface area contributed by atoms with Crippen molar-refractivity contribution in [2.45, 2.75) is 12.6 Å². The highest BCUT2D eigenvalue weighted by Crippen LogP contribution is 2.36. The van der Waals surface area contributed by atoms with Crippen LogP contribution < -0.4 is 5.32 Å². The second-order valence-electron chi connectivity index (χ2n) is 4.35. The quantitative estimate of drug-likeness (QED) is 0.871. The van der Waals surface area contributed by atoms with Crippen molar-refractivity contribution in [3.8, 4) is 11.1 Å². The van der Waals surface area contributed by atoms with Gasteiger partial charge in [-0.1, -0.05) is 23.2 Å². The first-order valence-corrected chi connectivity index (χ1v) is 6.70. The molecule has 2 aromatic rings. The van der Waals surface area contributed by atoms with E-state index in [0.717, 1.165) is 6.07 Å². The third kappa shape index (κ3) is 3.16. The molecule has 0 fully saturated rings. The van der Waals surface area contributed by atoms with Crippen LogP contribution in [0.25, 0.3) is 11.1 Å². The molecule has 0 aliphatic carbocycles. The number of hydrogen-bond acceptors (Lipinski definition) is 2. The second-order valence-corrected chi connectivity index (χ2v) is 5.14. The fourth-order valence-corrected chi connectivity index (χ4v) is 2.30. The molecule has 0 radical (unpaired) electrons. The predicted molar refractivity (Wildman–Crippen MR) is 77.7 cm³/mol. The van der Waals surface area contributed by atoms with Crippen molar-refractivity contribution in [1.82, 2.24) is 9.78 Å². The van der Waals surface area contributed by atoms with Gasteiger partial charge in [-0.2, -0.15) is 5.10 Å². The Labute approximate surface area is 129 Å². The molecule has 1 aromatic carbocycles. The molecule has 0 aliphatic rings. The lowest BCUT2D eigenvalue weighted by molar-refractivity contribution is -0.118. The molecule has 0 saturated carbocycles. The summed E-state index contributed by atoms with van der Waals surface area (Å²) < 4.78 is 27.3. The predicted octanol–water partition coefficient (Wildman–Crippen LogP) is 3.66. The first-order valence-electron chi connectivity index (χ1n) is 5.89. The maximum atomic E-state index is 13.1. The summed E-state index contributed by atoms with van der Waals surface area (Å²) in [6.45, 7) is 1.69. The van der Waals surface area contributed by atoms with Gasteiger partial charge in [-0.05, 0) is 25.1 Å². The lowest BCUT2D eigenvalue weighted by Crippen LogP contribution is -2.21. The zero-order chi connectivity index (χ0) is 15.7. The van der Waals surface area contributed by atoms with Gasteiger partial charge in [0.05, 0.1) is 10.7 Å². The van der Waals surface area contributed by atoms with Gasteiger partial charge in [-0.25, -0.2) is 8.78 Å². The minimum Gasteiger partial charge on any atom is -0.307 e. The number of halogens is 4. The number of carbonyl (C=O) groups is 1. The minimum atomic E-state index is -2.18. The zero-order valence-electron chi connectivity index (χ0n) is 11.1. The van der Waals surface area contributed by atoms with E-state index in [9.17, 15) is 13.6 Å². The Morgan fingerprint density at radius 1 is 1.48 bits per heavy atom. The van der Waals surface area contributed by atoms with Gasteiger partial charge >= 0.3 is 0 Å². The highest BCUT2D eigenvalue weighted by Gasteiger charge is 2.22. The van der Waals surface area contributed by atoms with Gasteiger partial charge in [0.1, 0.15) is 11.6 Å². The third-order valence-corrected chi connectivity index (χ3v) is 3.37. The molecule has 1 amide bonds. The summed E-state index contributed by atoms with van der Waals surface area (Å²) >= 11 is 11.1. The van der Waals surface area contributed by atoms with E-state index >= 15 is 0 Å². The van der Waals surface area contributed by atoms with Crippen LogP contribution in [0.5, 0.6) is 0 Å². The first kappa shape index (κ1) is 15.7. The summed E-state index contributed by atoms with van der Waals surface area (Å²) in [4.78, 5) is 11.4. The number of rotatable bonds is 3. The molecule has 4 nitrogen and oxygen atoms in total. The van der Waals surface area contributed by atoms with Crippen molar-refractivity contribution in [2.24, 2.45) is 7.05 Å². The van der Waals surface area contributed by atoms with Crippen LogP contribution in [0.1, 0.15) is 5.69 Å². The number of nitrogens with zero attached hydrogens (tertiary/aromatic N) is 2. The zero-order valence-corrected chi connectivity index (χ0v) is 12.6. The molecule has 0 saturated heterocycles. The maximum absolute atomic E-state index is 13.1. The molecule has 1 unspecified atom stereocenters. The number of alkyl halides is 2. The van der Waals surface area contributed by atoms with E-state index in [0.29, 0.717) is 16.8 Å². The number of carbonyl (C=O) groups excluding carboxylic acids is 1. The second kappa shape index (κ2) is 5.99. The molecule has 1 aromatic heterocycles. The van der Waals surface area contributed by atoms with Crippen molar-refractivity contribution >= 4 is 34.9 Å². The summed E-state index contributed by atoms with van der Waals surface area (Å²) in [6.07, 6.45) is 0. The number of benzene rings is 1. The monoisotopic (exact) mass is 333 g/mol. The Kier molecular flexibility index (Phi) is 4.49. The molecule has 1 N–H and O–H groups in total. The van der Waals surface area contributed by atoms with E-state index in [4.69, 9.17) is 23.2 Å². The number of aryl methyl sites for hydroxylation is 2. The van der Waals surface area contributed by atoms with Gasteiger partial charge in [0.25, 0.3) is 11.5 Å². The van der Waals surface area contributed by atoms with E-state index in [-0.39, 0.29) is 10.8 Å². The number of nitrogens with one attached hydrogen (secondary N) is 1. The molecule has 2 rings (SSSR count). The van der Waals surface area contributed by atoms with E-state index < -0.39 is 17.4 Å². The Balaban J connectivity index is 2.55. The Bertz CT molecular complexity index is 701. The number of amides is 1. The summed E-state index contributed by atoms with van der Waals surface area (Å²) in [5.41, 5.74) is -0.680. The van der Waals surface area contributed by atoms with Crippen LogP contribution in [0.4, 0.5) is 14.6 Å². The third-order valence-electron chi connectivity index (χ3n) is 2.86. The summed E-state index contributed by atoms with van der Waals surface area (Å²) in [5, 5.41) is 6.65. The van der Waals surface area contributed by atoms with Gasteiger partial charge in [-0.15, -0.1) is 0 Å². The summed E-state index contributed by atoms with van der Waals surface area (Å²) in [5.74, 6) is -1.27. The molecule has 0 aliphatic heterocycles. The Hall–Kier alpha value is -1.66. The summed E-state index contributed by atoms with van der Waals surface area (Å²) in [7, 11) is 1.57. The average molecular weight is 334 g/mol. The van der Waals surface area contributed by atoms with Crippen LogP contribution in [0.3, 0.4) is 0 Å². The highest BCUT2D eigenvalue weighted by molar-refractivity contribution is 6.34. The molecule has 0 bridgehead atoms. The van der Waals surface area contributed by atoms with E-state index in [1.807, 2.05) is 0 Å². The van der Waals surface area contributed by atoms with E-state index in [1.54, 1.807) is 14.0 Å². The fraction of sp³-hybridized carbons (Fsp3) is 0.231.